The highest BCUT2D eigenvalue weighted by atomic mass is 16.7. The van der Waals surface area contributed by atoms with Crippen LogP contribution in [0, 0.1) is 0 Å². The number of fused-ring (bicyclic) bond motifs is 1. The molecule has 2 N–H and O–H groups in total. The van der Waals surface area contributed by atoms with Gasteiger partial charge >= 0.3 is 0 Å². The molecule has 158 valence electrons. The van der Waals surface area contributed by atoms with Crippen LogP contribution < -0.4 is 20.1 Å². The standard InChI is InChI=1S/C22H25N3O5/c1-14-10-25(11-15(2)30-14)12-21(26)24-18-6-4-3-5-17(18)22(27)23-16-7-8-19-20(9-16)29-13-28-19/h3-9,14-15H,10-13H2,1-2H3,(H,23,27)(H,24,26)/t14-,15-/m0/s1. The highest BCUT2D eigenvalue weighted by Gasteiger charge is 2.24. The van der Waals surface area contributed by atoms with Crippen LogP contribution in [0.25, 0.3) is 0 Å². The van der Waals surface area contributed by atoms with Crippen LogP contribution in [0.2, 0.25) is 0 Å². The zero-order chi connectivity index (χ0) is 21.1. The molecular formula is C22H25N3O5. The van der Waals surface area contributed by atoms with E-state index in [1.807, 2.05) is 13.8 Å². The van der Waals surface area contributed by atoms with Crippen LogP contribution in [0.15, 0.2) is 42.5 Å². The first kappa shape index (κ1) is 20.2. The summed E-state index contributed by atoms with van der Waals surface area (Å²) in [5, 5.41) is 5.71. The average Bonchev–Trinajstić information content (AvgIpc) is 3.15. The summed E-state index contributed by atoms with van der Waals surface area (Å²) in [6, 6.07) is 12.1. The molecule has 2 aliphatic rings. The van der Waals surface area contributed by atoms with Crippen LogP contribution in [-0.4, -0.2) is 55.3 Å². The summed E-state index contributed by atoms with van der Waals surface area (Å²) in [6.45, 7) is 5.80. The van der Waals surface area contributed by atoms with Gasteiger partial charge in [-0.3, -0.25) is 14.5 Å². The number of nitrogens with zero attached hydrogens (tertiary/aromatic N) is 1. The molecule has 30 heavy (non-hydrogen) atoms. The van der Waals surface area contributed by atoms with E-state index in [4.69, 9.17) is 14.2 Å². The Bertz CT molecular complexity index is 938. The van der Waals surface area contributed by atoms with Gasteiger partial charge in [-0.15, -0.1) is 0 Å². The molecule has 0 spiro atoms. The summed E-state index contributed by atoms with van der Waals surface area (Å²) in [4.78, 5) is 27.5. The molecule has 2 aliphatic heterocycles. The van der Waals surface area contributed by atoms with Gasteiger partial charge in [-0.1, -0.05) is 12.1 Å². The van der Waals surface area contributed by atoms with E-state index in [1.165, 1.54) is 0 Å². The monoisotopic (exact) mass is 411 g/mol. The summed E-state index contributed by atoms with van der Waals surface area (Å²) >= 11 is 0. The molecule has 1 fully saturated rings. The van der Waals surface area contributed by atoms with Crippen molar-refractivity contribution in [2.75, 3.05) is 37.1 Å². The molecule has 0 unspecified atom stereocenters. The predicted molar refractivity (Wildman–Crippen MR) is 112 cm³/mol. The number of hydrogen-bond donors (Lipinski definition) is 2. The van der Waals surface area contributed by atoms with Crippen molar-refractivity contribution in [3.8, 4) is 11.5 Å². The molecule has 0 bridgehead atoms. The first-order valence-corrected chi connectivity index (χ1v) is 9.95. The first-order valence-electron chi connectivity index (χ1n) is 9.95. The minimum Gasteiger partial charge on any atom is -0.454 e. The van der Waals surface area contributed by atoms with E-state index in [-0.39, 0.29) is 37.4 Å². The van der Waals surface area contributed by atoms with Crippen molar-refractivity contribution in [3.63, 3.8) is 0 Å². The summed E-state index contributed by atoms with van der Waals surface area (Å²) in [5.74, 6) is 0.744. The van der Waals surface area contributed by atoms with Crippen molar-refractivity contribution in [2.45, 2.75) is 26.1 Å². The molecule has 2 aromatic rings. The fraction of sp³-hybridized carbons (Fsp3) is 0.364. The number of amides is 2. The molecular weight excluding hydrogens is 386 g/mol. The second-order valence-corrected chi connectivity index (χ2v) is 7.57. The van der Waals surface area contributed by atoms with Crippen LogP contribution >= 0.6 is 0 Å². The second-order valence-electron chi connectivity index (χ2n) is 7.57. The maximum atomic E-state index is 12.8. The Hall–Kier alpha value is -3.10. The van der Waals surface area contributed by atoms with Crippen LogP contribution in [-0.2, 0) is 9.53 Å². The third kappa shape index (κ3) is 4.72. The third-order valence-corrected chi connectivity index (χ3v) is 4.94. The number of benzene rings is 2. The van der Waals surface area contributed by atoms with Gasteiger partial charge in [0.15, 0.2) is 11.5 Å². The quantitative estimate of drug-likeness (QED) is 0.787. The Morgan fingerprint density at radius 3 is 2.53 bits per heavy atom. The van der Waals surface area contributed by atoms with E-state index in [1.54, 1.807) is 42.5 Å². The Balaban J connectivity index is 1.41. The molecule has 4 rings (SSSR count). The van der Waals surface area contributed by atoms with E-state index in [0.29, 0.717) is 41.5 Å². The molecule has 2 heterocycles. The molecule has 8 heteroatoms. The van der Waals surface area contributed by atoms with Crippen molar-refractivity contribution in [3.05, 3.63) is 48.0 Å². The van der Waals surface area contributed by atoms with Gasteiger partial charge in [0.05, 0.1) is 30.0 Å². The molecule has 1 saturated heterocycles. The molecule has 0 saturated carbocycles. The Morgan fingerprint density at radius 1 is 1.00 bits per heavy atom. The Kier molecular flexibility index (Phi) is 5.87. The number of hydrogen-bond acceptors (Lipinski definition) is 6. The number of para-hydroxylation sites is 1. The van der Waals surface area contributed by atoms with E-state index in [0.717, 1.165) is 0 Å². The zero-order valence-electron chi connectivity index (χ0n) is 17.0. The largest absolute Gasteiger partial charge is 0.454 e. The van der Waals surface area contributed by atoms with Crippen molar-refractivity contribution in [1.82, 2.24) is 4.90 Å². The summed E-state index contributed by atoms with van der Waals surface area (Å²) in [7, 11) is 0. The number of morpholine rings is 1. The summed E-state index contributed by atoms with van der Waals surface area (Å²) in [5.41, 5.74) is 1.43. The lowest BCUT2D eigenvalue weighted by molar-refractivity contribution is -0.121. The number of nitrogens with one attached hydrogen (secondary N) is 2. The van der Waals surface area contributed by atoms with Gasteiger partial charge in [0.25, 0.3) is 5.91 Å². The molecule has 2 amide bonds. The SMILES string of the molecule is C[C@H]1CN(CC(=O)Nc2ccccc2C(=O)Nc2ccc3c(c2)OCO3)C[C@H](C)O1. The second kappa shape index (κ2) is 8.73. The van der Waals surface area contributed by atoms with Gasteiger partial charge in [0, 0.05) is 24.8 Å². The number of ether oxygens (including phenoxy) is 3. The van der Waals surface area contributed by atoms with Gasteiger partial charge in [-0.25, -0.2) is 0 Å². The number of anilines is 2. The summed E-state index contributed by atoms with van der Waals surface area (Å²) < 4.78 is 16.3. The van der Waals surface area contributed by atoms with Gasteiger partial charge in [0.2, 0.25) is 12.7 Å². The van der Waals surface area contributed by atoms with E-state index < -0.39 is 0 Å². The Labute approximate surface area is 175 Å². The minimum absolute atomic E-state index is 0.0846. The van der Waals surface area contributed by atoms with Crippen LogP contribution in [0.5, 0.6) is 11.5 Å². The van der Waals surface area contributed by atoms with E-state index >= 15 is 0 Å². The lowest BCUT2D eigenvalue weighted by atomic mass is 10.1. The average molecular weight is 411 g/mol. The van der Waals surface area contributed by atoms with Crippen LogP contribution in [0.4, 0.5) is 11.4 Å². The van der Waals surface area contributed by atoms with Crippen molar-refractivity contribution >= 4 is 23.2 Å². The van der Waals surface area contributed by atoms with Gasteiger partial charge in [0.1, 0.15) is 0 Å². The first-order chi connectivity index (χ1) is 14.5. The van der Waals surface area contributed by atoms with E-state index in [9.17, 15) is 9.59 Å². The van der Waals surface area contributed by atoms with Gasteiger partial charge in [-0.05, 0) is 38.1 Å². The van der Waals surface area contributed by atoms with Crippen molar-refractivity contribution in [2.24, 2.45) is 0 Å². The fourth-order valence-electron chi connectivity index (χ4n) is 3.77. The fourth-order valence-corrected chi connectivity index (χ4v) is 3.77. The Morgan fingerprint density at radius 2 is 1.73 bits per heavy atom. The number of rotatable bonds is 5. The molecule has 8 nitrogen and oxygen atoms in total. The van der Waals surface area contributed by atoms with Crippen molar-refractivity contribution in [1.29, 1.82) is 0 Å². The lowest BCUT2D eigenvalue weighted by Gasteiger charge is -2.34. The normalized spacial score (nSPS) is 20.6. The summed E-state index contributed by atoms with van der Waals surface area (Å²) in [6.07, 6.45) is 0.169. The smallest absolute Gasteiger partial charge is 0.257 e. The topological polar surface area (TPSA) is 89.1 Å². The number of carbonyl (C=O) groups is 2. The van der Waals surface area contributed by atoms with E-state index in [2.05, 4.69) is 15.5 Å². The van der Waals surface area contributed by atoms with Gasteiger partial charge in [-0.2, -0.15) is 0 Å². The van der Waals surface area contributed by atoms with Crippen LogP contribution in [0.3, 0.4) is 0 Å². The van der Waals surface area contributed by atoms with Gasteiger partial charge < -0.3 is 24.8 Å². The third-order valence-electron chi connectivity index (χ3n) is 4.94. The maximum Gasteiger partial charge on any atom is 0.257 e. The van der Waals surface area contributed by atoms with Crippen LogP contribution in [0.1, 0.15) is 24.2 Å². The zero-order valence-corrected chi connectivity index (χ0v) is 17.0. The number of carbonyl (C=O) groups excluding carboxylic acids is 2. The molecule has 0 aromatic heterocycles. The molecule has 0 aliphatic carbocycles. The van der Waals surface area contributed by atoms with Crippen molar-refractivity contribution < 1.29 is 23.8 Å². The minimum atomic E-state index is -0.321. The lowest BCUT2D eigenvalue weighted by Crippen LogP contribution is -2.48. The molecule has 2 aromatic carbocycles. The maximum absolute atomic E-state index is 12.8. The highest BCUT2D eigenvalue weighted by molar-refractivity contribution is 6.10. The highest BCUT2D eigenvalue weighted by Crippen LogP contribution is 2.34. The molecule has 0 radical (unpaired) electrons. The predicted octanol–water partition coefficient (Wildman–Crippen LogP) is 2.72. The molecule has 2 atom stereocenters.